The van der Waals surface area contributed by atoms with Gasteiger partial charge in [0, 0.05) is 18.4 Å². The Balaban J connectivity index is 1.87. The van der Waals surface area contributed by atoms with E-state index in [1.807, 2.05) is 12.1 Å². The Morgan fingerprint density at radius 3 is 2.67 bits per heavy atom. The van der Waals surface area contributed by atoms with Crippen LogP contribution in [0.2, 0.25) is 0 Å². The van der Waals surface area contributed by atoms with Gasteiger partial charge in [0.05, 0.1) is 26.2 Å². The number of anilines is 2. The highest BCUT2D eigenvalue weighted by atomic mass is 16.5. The molecule has 0 fully saturated rings. The summed E-state index contributed by atoms with van der Waals surface area (Å²) in [5.41, 5.74) is 2.78. The summed E-state index contributed by atoms with van der Waals surface area (Å²) < 4.78 is 10.5. The Kier molecular flexibility index (Phi) is 4.12. The predicted molar refractivity (Wildman–Crippen MR) is 91.1 cm³/mol. The third kappa shape index (κ3) is 2.67. The fourth-order valence-electron chi connectivity index (χ4n) is 2.81. The molecule has 0 aliphatic carbocycles. The number of methoxy groups -OCH3 is 2. The van der Waals surface area contributed by atoms with Crippen molar-refractivity contribution in [1.29, 1.82) is 0 Å². The second-order valence-electron chi connectivity index (χ2n) is 5.47. The Morgan fingerprint density at radius 1 is 1.17 bits per heavy atom. The molecule has 6 heteroatoms. The molecule has 24 heavy (non-hydrogen) atoms. The van der Waals surface area contributed by atoms with E-state index in [0.717, 1.165) is 11.3 Å². The highest BCUT2D eigenvalue weighted by molar-refractivity contribution is 6.07. The molecule has 1 N–H and O–H groups in total. The number of likely N-dealkylation sites (N-methyl/N-ethyl adjacent to an activating group) is 1. The van der Waals surface area contributed by atoms with Crippen molar-refractivity contribution in [2.45, 2.75) is 6.42 Å². The second-order valence-corrected chi connectivity index (χ2v) is 5.47. The van der Waals surface area contributed by atoms with E-state index in [4.69, 9.17) is 9.47 Å². The Morgan fingerprint density at radius 2 is 1.96 bits per heavy atom. The summed E-state index contributed by atoms with van der Waals surface area (Å²) in [7, 11) is 4.76. The van der Waals surface area contributed by atoms with E-state index >= 15 is 0 Å². The van der Waals surface area contributed by atoms with Crippen molar-refractivity contribution in [3.8, 4) is 11.5 Å². The minimum Gasteiger partial charge on any atom is -0.493 e. The first-order chi connectivity index (χ1) is 11.5. The predicted octanol–water partition coefficient (Wildman–Crippen LogP) is 2.48. The SMILES string of the molecule is COc1cccc(C(=O)Nc2ccc3c(c2)CC(=O)N3C)c1OC. The summed E-state index contributed by atoms with van der Waals surface area (Å²) in [4.78, 5) is 25.9. The number of benzene rings is 2. The Labute approximate surface area is 140 Å². The van der Waals surface area contributed by atoms with Crippen molar-refractivity contribution in [2.24, 2.45) is 0 Å². The fraction of sp³-hybridized carbons (Fsp3) is 0.222. The number of carbonyl (C=O) groups excluding carboxylic acids is 2. The number of nitrogens with zero attached hydrogens (tertiary/aromatic N) is 1. The van der Waals surface area contributed by atoms with Gasteiger partial charge in [-0.1, -0.05) is 6.07 Å². The first-order valence-corrected chi connectivity index (χ1v) is 7.47. The van der Waals surface area contributed by atoms with Crippen LogP contribution in [0.4, 0.5) is 11.4 Å². The van der Waals surface area contributed by atoms with Crippen LogP contribution in [0.5, 0.6) is 11.5 Å². The lowest BCUT2D eigenvalue weighted by atomic mass is 10.1. The van der Waals surface area contributed by atoms with Crippen LogP contribution in [0.25, 0.3) is 0 Å². The van der Waals surface area contributed by atoms with Crippen molar-refractivity contribution in [2.75, 3.05) is 31.5 Å². The van der Waals surface area contributed by atoms with E-state index in [1.165, 1.54) is 14.2 Å². The van der Waals surface area contributed by atoms with Gasteiger partial charge in [-0.05, 0) is 35.9 Å². The van der Waals surface area contributed by atoms with Gasteiger partial charge in [0.2, 0.25) is 5.91 Å². The average Bonchev–Trinajstić information content (AvgIpc) is 2.87. The van der Waals surface area contributed by atoms with Crippen LogP contribution < -0.4 is 19.7 Å². The van der Waals surface area contributed by atoms with Crippen molar-refractivity contribution in [1.82, 2.24) is 0 Å². The van der Waals surface area contributed by atoms with Crippen LogP contribution in [0, 0.1) is 0 Å². The van der Waals surface area contributed by atoms with Gasteiger partial charge < -0.3 is 19.7 Å². The van der Waals surface area contributed by atoms with Gasteiger partial charge in [-0.25, -0.2) is 0 Å². The fourth-order valence-corrected chi connectivity index (χ4v) is 2.81. The van der Waals surface area contributed by atoms with Crippen LogP contribution in [0.3, 0.4) is 0 Å². The summed E-state index contributed by atoms with van der Waals surface area (Å²) >= 11 is 0. The molecule has 3 rings (SSSR count). The largest absolute Gasteiger partial charge is 0.493 e. The van der Waals surface area contributed by atoms with E-state index in [0.29, 0.717) is 29.2 Å². The molecule has 0 saturated heterocycles. The molecule has 0 atom stereocenters. The molecule has 0 spiro atoms. The third-order valence-electron chi connectivity index (χ3n) is 4.06. The van der Waals surface area contributed by atoms with Gasteiger partial charge >= 0.3 is 0 Å². The van der Waals surface area contributed by atoms with Crippen molar-refractivity contribution in [3.05, 3.63) is 47.5 Å². The smallest absolute Gasteiger partial charge is 0.259 e. The molecular formula is C18H18N2O4. The number of ether oxygens (including phenoxy) is 2. The standard InChI is InChI=1S/C18H18N2O4/c1-20-14-8-7-12(9-11(14)10-16(20)21)19-18(22)13-5-4-6-15(23-2)17(13)24-3/h4-9H,10H2,1-3H3,(H,19,22). The molecule has 0 bridgehead atoms. The molecule has 2 amide bonds. The first-order valence-electron chi connectivity index (χ1n) is 7.47. The van der Waals surface area contributed by atoms with Gasteiger partial charge in [-0.2, -0.15) is 0 Å². The third-order valence-corrected chi connectivity index (χ3v) is 4.06. The van der Waals surface area contributed by atoms with Gasteiger partial charge in [0.25, 0.3) is 5.91 Å². The topological polar surface area (TPSA) is 67.9 Å². The monoisotopic (exact) mass is 326 g/mol. The number of carbonyl (C=O) groups is 2. The molecule has 0 radical (unpaired) electrons. The number of fused-ring (bicyclic) bond motifs is 1. The van der Waals surface area contributed by atoms with Crippen molar-refractivity contribution >= 4 is 23.2 Å². The van der Waals surface area contributed by atoms with Crippen LogP contribution in [0.15, 0.2) is 36.4 Å². The lowest BCUT2D eigenvalue weighted by Crippen LogP contribution is -2.20. The number of amides is 2. The van der Waals surface area contributed by atoms with Gasteiger partial charge in [-0.3, -0.25) is 9.59 Å². The normalized spacial score (nSPS) is 12.8. The molecular weight excluding hydrogens is 308 g/mol. The van der Waals surface area contributed by atoms with Gasteiger partial charge in [-0.15, -0.1) is 0 Å². The van der Waals surface area contributed by atoms with E-state index in [1.54, 1.807) is 36.2 Å². The molecule has 0 unspecified atom stereocenters. The Hall–Kier alpha value is -3.02. The van der Waals surface area contributed by atoms with Crippen molar-refractivity contribution in [3.63, 3.8) is 0 Å². The number of para-hydroxylation sites is 1. The quantitative estimate of drug-likeness (QED) is 0.937. The summed E-state index contributed by atoms with van der Waals surface area (Å²) in [6, 6.07) is 10.6. The average molecular weight is 326 g/mol. The van der Waals surface area contributed by atoms with Crippen molar-refractivity contribution < 1.29 is 19.1 Å². The van der Waals surface area contributed by atoms with Crippen LogP contribution in [-0.2, 0) is 11.2 Å². The number of hydrogen-bond acceptors (Lipinski definition) is 4. The number of rotatable bonds is 4. The van der Waals surface area contributed by atoms with E-state index < -0.39 is 0 Å². The van der Waals surface area contributed by atoms with E-state index in [-0.39, 0.29) is 11.8 Å². The summed E-state index contributed by atoms with van der Waals surface area (Å²) in [5.74, 6) is 0.617. The van der Waals surface area contributed by atoms with Crippen LogP contribution >= 0.6 is 0 Å². The van der Waals surface area contributed by atoms with Gasteiger partial charge in [0.15, 0.2) is 11.5 Å². The number of nitrogens with one attached hydrogen (secondary N) is 1. The summed E-state index contributed by atoms with van der Waals surface area (Å²) in [6.45, 7) is 0. The zero-order valence-electron chi connectivity index (χ0n) is 13.8. The highest BCUT2D eigenvalue weighted by Crippen LogP contribution is 2.33. The van der Waals surface area contributed by atoms with E-state index in [9.17, 15) is 9.59 Å². The lowest BCUT2D eigenvalue weighted by Gasteiger charge is -2.13. The molecule has 1 aliphatic rings. The van der Waals surface area contributed by atoms with E-state index in [2.05, 4.69) is 5.32 Å². The summed E-state index contributed by atoms with van der Waals surface area (Å²) in [5, 5.41) is 2.84. The zero-order valence-corrected chi connectivity index (χ0v) is 13.8. The van der Waals surface area contributed by atoms with Crippen LogP contribution in [0.1, 0.15) is 15.9 Å². The molecule has 124 valence electrons. The van der Waals surface area contributed by atoms with Crippen LogP contribution in [-0.4, -0.2) is 33.1 Å². The molecule has 6 nitrogen and oxygen atoms in total. The minimum atomic E-state index is -0.302. The zero-order chi connectivity index (χ0) is 17.3. The van der Waals surface area contributed by atoms with Gasteiger partial charge in [0.1, 0.15) is 0 Å². The summed E-state index contributed by atoms with van der Waals surface area (Å²) in [6.07, 6.45) is 0.345. The molecule has 1 aliphatic heterocycles. The maximum absolute atomic E-state index is 12.6. The molecule has 2 aromatic rings. The first kappa shape index (κ1) is 15.9. The molecule has 0 aromatic heterocycles. The second kappa shape index (κ2) is 6.23. The highest BCUT2D eigenvalue weighted by Gasteiger charge is 2.24. The minimum absolute atomic E-state index is 0.0444. The Bertz CT molecular complexity index is 817. The maximum atomic E-state index is 12.6. The molecule has 1 heterocycles. The maximum Gasteiger partial charge on any atom is 0.259 e. The molecule has 2 aromatic carbocycles. The number of hydrogen-bond donors (Lipinski definition) is 1. The lowest BCUT2D eigenvalue weighted by molar-refractivity contribution is -0.117. The molecule has 0 saturated carbocycles.